The van der Waals surface area contributed by atoms with E-state index in [4.69, 9.17) is 15.3 Å². The van der Waals surface area contributed by atoms with Gasteiger partial charge in [0.05, 0.1) is 6.61 Å². The van der Waals surface area contributed by atoms with Gasteiger partial charge in [0.15, 0.2) is 0 Å². The van der Waals surface area contributed by atoms with Crippen LogP contribution in [0.5, 0.6) is 0 Å². The largest absolute Gasteiger partial charge is 0.478 e. The fraction of sp³-hybridized carbons (Fsp3) is 0.500. The molecule has 0 fully saturated rings. The van der Waals surface area contributed by atoms with E-state index in [0.29, 0.717) is 31.6 Å². The highest BCUT2D eigenvalue weighted by Gasteiger charge is 1.94. The summed E-state index contributed by atoms with van der Waals surface area (Å²) in [6.45, 7) is 2.15. The Labute approximate surface area is 98.3 Å². The fourth-order valence-corrected chi connectivity index (χ4v) is 0.495. The van der Waals surface area contributed by atoms with Crippen molar-refractivity contribution in [3.63, 3.8) is 0 Å². The molecule has 0 aromatic heterocycles. The fourth-order valence-electron chi connectivity index (χ4n) is 0.495. The second-order valence-electron chi connectivity index (χ2n) is 2.66. The van der Waals surface area contributed by atoms with E-state index >= 15 is 0 Å². The standard InChI is InChI=1S/C6H12O3.C4H4O4/c1-2-6(8)9-5-3-4-7;5-3(6)1-2-4(7)8/h7H,2-5H2,1H3;1-2H,(H,5,6)(H,7,8). The third-order valence-electron chi connectivity index (χ3n) is 1.22. The lowest BCUT2D eigenvalue weighted by atomic mass is 10.5. The summed E-state index contributed by atoms with van der Waals surface area (Å²) in [6, 6.07) is 0. The molecule has 7 nitrogen and oxygen atoms in total. The minimum Gasteiger partial charge on any atom is -0.478 e. The van der Waals surface area contributed by atoms with Crippen LogP contribution in [0.4, 0.5) is 0 Å². The summed E-state index contributed by atoms with van der Waals surface area (Å²) in [5.41, 5.74) is 0. The first-order valence-electron chi connectivity index (χ1n) is 4.84. The van der Waals surface area contributed by atoms with Gasteiger partial charge in [-0.25, -0.2) is 9.59 Å². The Kier molecular flexibility index (Phi) is 12.5. The normalized spacial score (nSPS) is 9.29. The monoisotopic (exact) mass is 248 g/mol. The molecule has 0 aromatic rings. The van der Waals surface area contributed by atoms with Gasteiger partial charge in [-0.2, -0.15) is 0 Å². The SMILES string of the molecule is CCC(=O)OCCCO.O=C(O)C=CC(=O)O. The van der Waals surface area contributed by atoms with Crippen molar-refractivity contribution in [2.75, 3.05) is 13.2 Å². The topological polar surface area (TPSA) is 121 Å². The maximum atomic E-state index is 10.4. The van der Waals surface area contributed by atoms with Crippen molar-refractivity contribution in [2.45, 2.75) is 19.8 Å². The number of carboxylic acids is 2. The van der Waals surface area contributed by atoms with Crippen LogP contribution in [0.25, 0.3) is 0 Å². The average Bonchev–Trinajstić information content (AvgIpc) is 2.27. The number of esters is 1. The van der Waals surface area contributed by atoms with Gasteiger partial charge >= 0.3 is 17.9 Å². The van der Waals surface area contributed by atoms with Crippen LogP contribution in [0.3, 0.4) is 0 Å². The zero-order valence-electron chi connectivity index (χ0n) is 9.46. The van der Waals surface area contributed by atoms with Crippen molar-refractivity contribution in [1.29, 1.82) is 0 Å². The summed E-state index contributed by atoms with van der Waals surface area (Å²) < 4.78 is 4.63. The molecule has 0 atom stereocenters. The van der Waals surface area contributed by atoms with Gasteiger partial charge in [0.2, 0.25) is 0 Å². The maximum Gasteiger partial charge on any atom is 0.328 e. The van der Waals surface area contributed by atoms with E-state index in [1.807, 2.05) is 0 Å². The predicted molar refractivity (Wildman–Crippen MR) is 57.4 cm³/mol. The van der Waals surface area contributed by atoms with Gasteiger partial charge in [0.25, 0.3) is 0 Å². The molecule has 0 heterocycles. The quantitative estimate of drug-likeness (QED) is 0.344. The molecule has 0 aliphatic heterocycles. The summed E-state index contributed by atoms with van der Waals surface area (Å²) in [7, 11) is 0. The lowest BCUT2D eigenvalue weighted by Gasteiger charge is -1.98. The van der Waals surface area contributed by atoms with Crippen LogP contribution in [-0.4, -0.2) is 46.4 Å². The number of carbonyl (C=O) groups excluding carboxylic acids is 1. The smallest absolute Gasteiger partial charge is 0.328 e. The van der Waals surface area contributed by atoms with Crippen LogP contribution >= 0.6 is 0 Å². The van der Waals surface area contributed by atoms with Crippen molar-refractivity contribution in [3.8, 4) is 0 Å². The Bertz CT molecular complexity index is 254. The molecule has 17 heavy (non-hydrogen) atoms. The van der Waals surface area contributed by atoms with Gasteiger partial charge in [0, 0.05) is 31.6 Å². The second-order valence-corrected chi connectivity index (χ2v) is 2.66. The Morgan fingerprint density at radius 3 is 1.88 bits per heavy atom. The highest BCUT2D eigenvalue weighted by atomic mass is 16.5. The zero-order valence-corrected chi connectivity index (χ0v) is 9.46. The molecule has 0 unspecified atom stereocenters. The van der Waals surface area contributed by atoms with E-state index in [2.05, 4.69) is 4.74 Å². The van der Waals surface area contributed by atoms with Crippen LogP contribution < -0.4 is 0 Å². The number of ether oxygens (including phenoxy) is 1. The van der Waals surface area contributed by atoms with Crippen molar-refractivity contribution in [2.24, 2.45) is 0 Å². The number of carbonyl (C=O) groups is 3. The van der Waals surface area contributed by atoms with E-state index in [0.717, 1.165) is 0 Å². The Morgan fingerprint density at radius 1 is 1.12 bits per heavy atom. The molecule has 7 heteroatoms. The number of hydrogen-bond donors (Lipinski definition) is 3. The van der Waals surface area contributed by atoms with Gasteiger partial charge in [-0.3, -0.25) is 4.79 Å². The number of rotatable bonds is 6. The average molecular weight is 248 g/mol. The highest BCUT2D eigenvalue weighted by molar-refractivity contribution is 5.89. The Morgan fingerprint density at radius 2 is 1.59 bits per heavy atom. The first kappa shape index (κ1) is 17.5. The number of aliphatic carboxylic acids is 2. The molecule has 0 aromatic carbocycles. The van der Waals surface area contributed by atoms with Crippen LogP contribution in [0.1, 0.15) is 19.8 Å². The lowest BCUT2D eigenvalue weighted by molar-refractivity contribution is -0.143. The van der Waals surface area contributed by atoms with Gasteiger partial charge in [-0.1, -0.05) is 6.92 Å². The van der Waals surface area contributed by atoms with Crippen molar-refractivity contribution < 1.29 is 34.4 Å². The van der Waals surface area contributed by atoms with Crippen molar-refractivity contribution in [1.82, 2.24) is 0 Å². The number of carboxylic acid groups (broad SMARTS) is 2. The van der Waals surface area contributed by atoms with Crippen LogP contribution in [-0.2, 0) is 19.1 Å². The van der Waals surface area contributed by atoms with E-state index in [-0.39, 0.29) is 12.6 Å². The number of hydrogen-bond acceptors (Lipinski definition) is 5. The molecule has 98 valence electrons. The van der Waals surface area contributed by atoms with Crippen molar-refractivity contribution in [3.05, 3.63) is 12.2 Å². The van der Waals surface area contributed by atoms with Gasteiger partial charge in [-0.05, 0) is 0 Å². The van der Waals surface area contributed by atoms with E-state index in [1.54, 1.807) is 6.92 Å². The molecule has 0 spiro atoms. The van der Waals surface area contributed by atoms with Gasteiger partial charge in [0.1, 0.15) is 0 Å². The molecule has 0 aliphatic rings. The molecule has 0 saturated carbocycles. The first-order chi connectivity index (χ1) is 7.93. The molecule has 3 N–H and O–H groups in total. The molecule has 0 aliphatic carbocycles. The Balaban J connectivity index is 0. The maximum absolute atomic E-state index is 10.4. The van der Waals surface area contributed by atoms with E-state index in [9.17, 15) is 14.4 Å². The predicted octanol–water partition coefficient (Wildman–Crippen LogP) is 0.0338. The van der Waals surface area contributed by atoms with Gasteiger partial charge in [-0.15, -0.1) is 0 Å². The summed E-state index contributed by atoms with van der Waals surface area (Å²) in [5, 5.41) is 23.9. The van der Waals surface area contributed by atoms with Crippen LogP contribution in [0.2, 0.25) is 0 Å². The van der Waals surface area contributed by atoms with Gasteiger partial charge < -0.3 is 20.1 Å². The summed E-state index contributed by atoms with van der Waals surface area (Å²) in [6.07, 6.45) is 2.06. The zero-order chi connectivity index (χ0) is 13.7. The summed E-state index contributed by atoms with van der Waals surface area (Å²) >= 11 is 0. The first-order valence-corrected chi connectivity index (χ1v) is 4.84. The molecule has 0 radical (unpaired) electrons. The minimum absolute atomic E-state index is 0.0804. The third-order valence-corrected chi connectivity index (χ3v) is 1.22. The second kappa shape index (κ2) is 12.2. The molecular formula is C10H16O7. The highest BCUT2D eigenvalue weighted by Crippen LogP contribution is 1.85. The summed E-state index contributed by atoms with van der Waals surface area (Å²) in [5.74, 6) is -2.72. The van der Waals surface area contributed by atoms with Crippen LogP contribution in [0, 0.1) is 0 Å². The van der Waals surface area contributed by atoms with E-state index < -0.39 is 11.9 Å². The minimum atomic E-state index is -1.26. The Hall–Kier alpha value is -1.89. The summed E-state index contributed by atoms with van der Waals surface area (Å²) in [4.78, 5) is 29.5. The molecular weight excluding hydrogens is 232 g/mol. The molecule has 0 saturated heterocycles. The number of aliphatic hydroxyl groups is 1. The van der Waals surface area contributed by atoms with Crippen molar-refractivity contribution >= 4 is 17.9 Å². The lowest BCUT2D eigenvalue weighted by Crippen LogP contribution is -2.04. The van der Waals surface area contributed by atoms with E-state index in [1.165, 1.54) is 0 Å². The molecule has 0 amide bonds. The molecule has 0 bridgehead atoms. The van der Waals surface area contributed by atoms with Crippen LogP contribution in [0.15, 0.2) is 12.2 Å². The third kappa shape index (κ3) is 20.2. The molecule has 0 rings (SSSR count). The number of aliphatic hydroxyl groups excluding tert-OH is 1.